The molecule has 6 heteroatoms. The molecule has 2 aromatic heterocycles. The van der Waals surface area contributed by atoms with E-state index in [1.807, 2.05) is 4.68 Å². The topological polar surface area (TPSA) is 63.8 Å². The summed E-state index contributed by atoms with van der Waals surface area (Å²) in [4.78, 5) is 8.13. The molecule has 0 aromatic carbocycles. The molecule has 0 spiro atoms. The zero-order chi connectivity index (χ0) is 12.0. The first kappa shape index (κ1) is 10.9. The first-order chi connectivity index (χ1) is 8.11. The van der Waals surface area contributed by atoms with Crippen molar-refractivity contribution in [3.63, 3.8) is 0 Å². The highest BCUT2D eigenvalue weighted by atomic mass is 35.5. The lowest BCUT2D eigenvalue weighted by atomic mass is 9.67. The highest BCUT2D eigenvalue weighted by molar-refractivity contribution is 6.28. The molecule has 0 aliphatic heterocycles. The molecule has 0 radical (unpaired) electrons. The van der Waals surface area contributed by atoms with Crippen molar-refractivity contribution >= 4 is 22.6 Å². The predicted molar refractivity (Wildman–Crippen MR) is 63.8 cm³/mol. The van der Waals surface area contributed by atoms with Crippen LogP contribution in [0.2, 0.25) is 5.28 Å². The van der Waals surface area contributed by atoms with E-state index in [9.17, 15) is 5.11 Å². The minimum absolute atomic E-state index is 0.0275. The van der Waals surface area contributed by atoms with Crippen molar-refractivity contribution in [2.75, 3.05) is 6.61 Å². The van der Waals surface area contributed by atoms with E-state index in [0.29, 0.717) is 6.04 Å². The lowest BCUT2D eigenvalue weighted by molar-refractivity contribution is 0.0145. The predicted octanol–water partition coefficient (Wildman–Crippen LogP) is 1.81. The summed E-state index contributed by atoms with van der Waals surface area (Å²) in [5.74, 6) is 0. The Balaban J connectivity index is 1.95. The van der Waals surface area contributed by atoms with Gasteiger partial charge >= 0.3 is 0 Å². The molecule has 3 rings (SSSR count). The van der Waals surface area contributed by atoms with Crippen molar-refractivity contribution in [2.24, 2.45) is 5.41 Å². The van der Waals surface area contributed by atoms with Gasteiger partial charge in [0.25, 0.3) is 0 Å². The van der Waals surface area contributed by atoms with Gasteiger partial charge in [-0.25, -0.2) is 9.67 Å². The molecule has 1 aliphatic carbocycles. The van der Waals surface area contributed by atoms with Gasteiger partial charge in [-0.15, -0.1) is 0 Å². The standard InChI is InChI=1S/C11H13ClN4O/c1-11(6-17)2-8(3-11)16-9-7(5-14-16)4-13-10(12)15-9/h4-5,8,17H,2-3,6H2,1H3. The van der Waals surface area contributed by atoms with Crippen LogP contribution >= 0.6 is 11.6 Å². The maximum absolute atomic E-state index is 9.24. The van der Waals surface area contributed by atoms with Crippen LogP contribution in [0.25, 0.3) is 11.0 Å². The molecule has 17 heavy (non-hydrogen) atoms. The third-order valence-corrected chi connectivity index (χ3v) is 3.67. The molecule has 90 valence electrons. The second kappa shape index (κ2) is 3.65. The first-order valence-electron chi connectivity index (χ1n) is 5.58. The quantitative estimate of drug-likeness (QED) is 0.828. The molecule has 5 nitrogen and oxygen atoms in total. The second-order valence-electron chi connectivity index (χ2n) is 5.04. The molecule has 0 amide bonds. The van der Waals surface area contributed by atoms with E-state index >= 15 is 0 Å². The van der Waals surface area contributed by atoms with Gasteiger partial charge < -0.3 is 5.11 Å². The van der Waals surface area contributed by atoms with Crippen molar-refractivity contribution in [1.29, 1.82) is 0 Å². The highest BCUT2D eigenvalue weighted by Gasteiger charge is 2.41. The van der Waals surface area contributed by atoms with Crippen LogP contribution in [0.3, 0.4) is 0 Å². The normalized spacial score (nSPS) is 28.3. The zero-order valence-electron chi connectivity index (χ0n) is 9.47. The van der Waals surface area contributed by atoms with Gasteiger partial charge in [-0.1, -0.05) is 6.92 Å². The highest BCUT2D eigenvalue weighted by Crippen LogP contribution is 2.48. The van der Waals surface area contributed by atoms with E-state index in [1.54, 1.807) is 12.4 Å². The third-order valence-electron chi connectivity index (χ3n) is 3.49. The summed E-state index contributed by atoms with van der Waals surface area (Å²) in [6.45, 7) is 2.30. The van der Waals surface area contributed by atoms with E-state index in [0.717, 1.165) is 23.9 Å². The molecular weight excluding hydrogens is 240 g/mol. The largest absolute Gasteiger partial charge is 0.396 e. The fourth-order valence-electron chi connectivity index (χ4n) is 2.46. The summed E-state index contributed by atoms with van der Waals surface area (Å²) in [6, 6.07) is 0.301. The van der Waals surface area contributed by atoms with Crippen molar-refractivity contribution in [2.45, 2.75) is 25.8 Å². The fraction of sp³-hybridized carbons (Fsp3) is 0.545. The SMILES string of the molecule is CC1(CO)CC(n2ncc3cnc(Cl)nc32)C1. The van der Waals surface area contributed by atoms with Gasteiger partial charge in [0.05, 0.1) is 17.6 Å². The third kappa shape index (κ3) is 1.70. The number of aliphatic hydroxyl groups is 1. The molecule has 1 aliphatic rings. The van der Waals surface area contributed by atoms with Gasteiger partial charge in [0.15, 0.2) is 5.65 Å². The molecule has 1 N–H and O–H groups in total. The number of nitrogens with zero attached hydrogens (tertiary/aromatic N) is 4. The smallest absolute Gasteiger partial charge is 0.224 e. The Morgan fingerprint density at radius 3 is 3.00 bits per heavy atom. The molecule has 2 heterocycles. The van der Waals surface area contributed by atoms with E-state index in [2.05, 4.69) is 22.0 Å². The summed E-state index contributed by atoms with van der Waals surface area (Å²) < 4.78 is 1.89. The molecule has 1 saturated carbocycles. The van der Waals surface area contributed by atoms with Gasteiger partial charge in [0.2, 0.25) is 5.28 Å². The van der Waals surface area contributed by atoms with Crippen molar-refractivity contribution in [3.05, 3.63) is 17.7 Å². The molecule has 0 unspecified atom stereocenters. The van der Waals surface area contributed by atoms with Crippen molar-refractivity contribution in [3.8, 4) is 0 Å². The minimum atomic E-state index is 0.0275. The van der Waals surface area contributed by atoms with E-state index < -0.39 is 0 Å². The number of aliphatic hydroxyl groups excluding tert-OH is 1. The lowest BCUT2D eigenvalue weighted by Gasteiger charge is -2.43. The molecular formula is C11H13ClN4O. The van der Waals surface area contributed by atoms with Crippen LogP contribution < -0.4 is 0 Å². The van der Waals surface area contributed by atoms with Crippen LogP contribution in [-0.2, 0) is 0 Å². The Morgan fingerprint density at radius 1 is 1.53 bits per heavy atom. The van der Waals surface area contributed by atoms with Crippen LogP contribution in [0.1, 0.15) is 25.8 Å². The van der Waals surface area contributed by atoms with Gasteiger partial charge in [-0.2, -0.15) is 10.1 Å². The summed E-state index contributed by atoms with van der Waals surface area (Å²) in [7, 11) is 0. The monoisotopic (exact) mass is 252 g/mol. The van der Waals surface area contributed by atoms with E-state index in [4.69, 9.17) is 11.6 Å². The van der Waals surface area contributed by atoms with Gasteiger partial charge in [-0.05, 0) is 29.9 Å². The molecule has 2 aromatic rings. The van der Waals surface area contributed by atoms with E-state index in [1.165, 1.54) is 0 Å². The Bertz CT molecular complexity index is 562. The van der Waals surface area contributed by atoms with Crippen molar-refractivity contribution in [1.82, 2.24) is 19.7 Å². The van der Waals surface area contributed by atoms with E-state index in [-0.39, 0.29) is 17.3 Å². The number of fused-ring (bicyclic) bond motifs is 1. The first-order valence-corrected chi connectivity index (χ1v) is 5.96. The Hall–Kier alpha value is -1.20. The number of rotatable bonds is 2. The van der Waals surface area contributed by atoms with Crippen LogP contribution in [0.5, 0.6) is 0 Å². The summed E-state index contributed by atoms with van der Waals surface area (Å²) >= 11 is 5.79. The molecule has 0 saturated heterocycles. The Kier molecular flexibility index (Phi) is 2.34. The average molecular weight is 253 g/mol. The molecule has 0 bridgehead atoms. The summed E-state index contributed by atoms with van der Waals surface area (Å²) in [5.41, 5.74) is 0.801. The number of aromatic nitrogens is 4. The molecule has 1 fully saturated rings. The number of halogens is 1. The van der Waals surface area contributed by atoms with Crippen LogP contribution in [0.4, 0.5) is 0 Å². The van der Waals surface area contributed by atoms with Crippen molar-refractivity contribution < 1.29 is 5.11 Å². The van der Waals surface area contributed by atoms with Gasteiger partial charge in [0, 0.05) is 12.8 Å². The van der Waals surface area contributed by atoms with Crippen LogP contribution in [0, 0.1) is 5.41 Å². The number of hydrogen-bond acceptors (Lipinski definition) is 4. The van der Waals surface area contributed by atoms with Gasteiger partial charge in [0.1, 0.15) is 0 Å². The van der Waals surface area contributed by atoms with Crippen LogP contribution in [-0.4, -0.2) is 31.5 Å². The second-order valence-corrected chi connectivity index (χ2v) is 5.38. The minimum Gasteiger partial charge on any atom is -0.396 e. The molecule has 0 atom stereocenters. The van der Waals surface area contributed by atoms with Gasteiger partial charge in [-0.3, -0.25) is 0 Å². The number of hydrogen-bond donors (Lipinski definition) is 1. The Morgan fingerprint density at radius 2 is 2.29 bits per heavy atom. The Labute approximate surface area is 103 Å². The maximum Gasteiger partial charge on any atom is 0.224 e. The zero-order valence-corrected chi connectivity index (χ0v) is 10.2. The van der Waals surface area contributed by atoms with Crippen LogP contribution in [0.15, 0.2) is 12.4 Å². The summed E-state index contributed by atoms with van der Waals surface area (Å²) in [5, 5.41) is 14.7. The fourth-order valence-corrected chi connectivity index (χ4v) is 2.59. The average Bonchev–Trinajstić information content (AvgIpc) is 2.67. The summed E-state index contributed by atoms with van der Waals surface area (Å²) in [6.07, 6.45) is 5.27. The lowest BCUT2D eigenvalue weighted by Crippen LogP contribution is -2.39. The maximum atomic E-state index is 9.24.